The van der Waals surface area contributed by atoms with Crippen LogP contribution in [-0.2, 0) is 17.5 Å². The summed E-state index contributed by atoms with van der Waals surface area (Å²) in [5, 5.41) is 0.742. The molecule has 0 aliphatic heterocycles. The zero-order valence-electron chi connectivity index (χ0n) is 16.5. The van der Waals surface area contributed by atoms with Gasteiger partial charge in [-0.05, 0) is 44.5 Å². The van der Waals surface area contributed by atoms with Crippen molar-refractivity contribution in [2.75, 3.05) is 5.73 Å². The van der Waals surface area contributed by atoms with Gasteiger partial charge in [-0.2, -0.15) is 8.78 Å². The molecule has 1 aromatic carbocycles. The normalized spacial score (nSPS) is 12.8. The Morgan fingerprint density at radius 2 is 2.03 bits per heavy atom. The third-order valence-corrected chi connectivity index (χ3v) is 5.64. The monoisotopic (exact) mass is 422 g/mol. The first-order valence-corrected chi connectivity index (χ1v) is 10.5. The number of nitrogens with zero attached hydrogens (tertiary/aromatic N) is 2. The van der Waals surface area contributed by atoms with Crippen LogP contribution in [0.4, 0.5) is 14.5 Å². The van der Waals surface area contributed by atoms with Crippen LogP contribution in [-0.4, -0.2) is 26.4 Å². The lowest BCUT2D eigenvalue weighted by atomic mass is 10.2. The van der Waals surface area contributed by atoms with Crippen LogP contribution in [0.15, 0.2) is 41.4 Å². The predicted octanol–water partition coefficient (Wildman–Crippen LogP) is 4.32. The molecule has 3 rings (SSSR count). The number of aromatic nitrogens is 2. The van der Waals surface area contributed by atoms with Crippen molar-refractivity contribution >= 4 is 27.6 Å². The Morgan fingerprint density at radius 1 is 1.28 bits per heavy atom. The molecule has 0 fully saturated rings. The van der Waals surface area contributed by atoms with Crippen molar-refractivity contribution in [1.82, 2.24) is 14.3 Å². The maximum atomic E-state index is 12.6. The number of anilines is 1. The van der Waals surface area contributed by atoms with E-state index in [1.807, 2.05) is 25.3 Å². The van der Waals surface area contributed by atoms with E-state index in [0.717, 1.165) is 11.8 Å². The molecule has 2 heterocycles. The molecule has 3 aromatic rings. The highest BCUT2D eigenvalue weighted by molar-refractivity contribution is 7.83. The fraction of sp³-hybridized carbons (Fsp3) is 0.350. The third kappa shape index (κ3) is 4.56. The van der Waals surface area contributed by atoms with E-state index in [-0.39, 0.29) is 11.8 Å². The van der Waals surface area contributed by atoms with E-state index >= 15 is 0 Å². The second-order valence-electron chi connectivity index (χ2n) is 6.89. The molecule has 3 N–H and O–H groups in total. The third-order valence-electron chi connectivity index (χ3n) is 4.28. The number of halogens is 2. The number of hydrogen-bond donors (Lipinski definition) is 2. The molecule has 29 heavy (non-hydrogen) atoms. The van der Waals surface area contributed by atoms with Gasteiger partial charge in [-0.25, -0.2) is 8.93 Å². The highest BCUT2D eigenvalue weighted by Gasteiger charge is 2.19. The van der Waals surface area contributed by atoms with Crippen molar-refractivity contribution < 1.29 is 17.7 Å². The van der Waals surface area contributed by atoms with Crippen molar-refractivity contribution in [3.63, 3.8) is 0 Å². The molecule has 0 bridgehead atoms. The smallest absolute Gasteiger partial charge is 0.387 e. The van der Waals surface area contributed by atoms with Crippen LogP contribution in [0.3, 0.4) is 0 Å². The number of nitrogens with one attached hydrogen (secondary N) is 1. The summed E-state index contributed by atoms with van der Waals surface area (Å²) in [4.78, 5) is 5.02. The minimum absolute atomic E-state index is 0.0721. The Kier molecular flexibility index (Phi) is 6.49. The Hall–Kier alpha value is -2.52. The molecule has 1 atom stereocenters. The average molecular weight is 423 g/mol. The molecule has 0 aliphatic carbocycles. The number of alkyl halides is 2. The van der Waals surface area contributed by atoms with E-state index in [2.05, 4.69) is 14.4 Å². The van der Waals surface area contributed by atoms with Crippen molar-refractivity contribution in [3.05, 3.63) is 36.5 Å². The summed E-state index contributed by atoms with van der Waals surface area (Å²) in [6.45, 7) is 3.58. The molecule has 1 unspecified atom stereocenters. The number of rotatable bonds is 8. The van der Waals surface area contributed by atoms with E-state index < -0.39 is 17.6 Å². The summed E-state index contributed by atoms with van der Waals surface area (Å²) >= 11 is 0. The van der Waals surface area contributed by atoms with Gasteiger partial charge in [-0.15, -0.1) is 0 Å². The highest BCUT2D eigenvalue weighted by Crippen LogP contribution is 2.37. The Morgan fingerprint density at radius 3 is 2.62 bits per heavy atom. The van der Waals surface area contributed by atoms with Crippen molar-refractivity contribution in [3.8, 4) is 17.1 Å². The van der Waals surface area contributed by atoms with E-state index in [1.54, 1.807) is 30.5 Å². The number of aryl methyl sites for hydroxylation is 1. The van der Waals surface area contributed by atoms with E-state index in [9.17, 15) is 13.0 Å². The Bertz CT molecular complexity index is 1020. The van der Waals surface area contributed by atoms with Gasteiger partial charge in [0.1, 0.15) is 16.7 Å². The second-order valence-corrected chi connectivity index (χ2v) is 8.14. The predicted molar refractivity (Wildman–Crippen MR) is 111 cm³/mol. The molecule has 156 valence electrons. The first-order valence-electron chi connectivity index (χ1n) is 9.32. The van der Waals surface area contributed by atoms with Crippen LogP contribution in [0.1, 0.15) is 27.2 Å². The van der Waals surface area contributed by atoms with Crippen LogP contribution >= 0.6 is 0 Å². The Balaban J connectivity index is 2.07. The first kappa shape index (κ1) is 21.2. The summed E-state index contributed by atoms with van der Waals surface area (Å²) < 4.78 is 46.9. The number of hydrogen-bond acceptors (Lipinski definition) is 4. The minimum Gasteiger partial charge on any atom is -0.435 e. The van der Waals surface area contributed by atoms with Gasteiger partial charge in [-0.1, -0.05) is 6.92 Å². The summed E-state index contributed by atoms with van der Waals surface area (Å²) in [7, 11) is -1.35. The quantitative estimate of drug-likeness (QED) is 0.567. The minimum atomic E-state index is -2.90. The first-order chi connectivity index (χ1) is 13.8. The van der Waals surface area contributed by atoms with Crippen LogP contribution < -0.4 is 15.2 Å². The maximum absolute atomic E-state index is 12.6. The fourth-order valence-electron chi connectivity index (χ4n) is 3.18. The summed E-state index contributed by atoms with van der Waals surface area (Å²) in [5.74, 6) is 0.0763. The van der Waals surface area contributed by atoms with Crippen LogP contribution in [0, 0.1) is 0 Å². The van der Waals surface area contributed by atoms with Crippen molar-refractivity contribution in [1.29, 1.82) is 0 Å². The van der Waals surface area contributed by atoms with Crippen molar-refractivity contribution in [2.45, 2.75) is 51.3 Å². The molecule has 9 heteroatoms. The maximum Gasteiger partial charge on any atom is 0.387 e. The van der Waals surface area contributed by atoms with Gasteiger partial charge in [0.05, 0.1) is 27.5 Å². The molecule has 6 nitrogen and oxygen atoms in total. The molecule has 0 saturated carbocycles. The zero-order valence-corrected chi connectivity index (χ0v) is 17.3. The van der Waals surface area contributed by atoms with Gasteiger partial charge in [-0.3, -0.25) is 4.98 Å². The van der Waals surface area contributed by atoms with Gasteiger partial charge >= 0.3 is 6.61 Å². The highest BCUT2D eigenvalue weighted by atomic mass is 32.2. The van der Waals surface area contributed by atoms with E-state index in [1.165, 1.54) is 6.07 Å². The molecule has 0 spiro atoms. The average Bonchev–Trinajstić information content (AvgIpc) is 2.93. The number of pyridine rings is 1. The number of fused-ring (bicyclic) bond motifs is 1. The molecule has 2 aromatic heterocycles. The molecular weight excluding hydrogens is 398 g/mol. The number of ether oxygens (including phenoxy) is 1. The topological polar surface area (TPSA) is 82.2 Å². The summed E-state index contributed by atoms with van der Waals surface area (Å²) in [6, 6.07) is 8.29. The molecular formula is C20H24F2N4O2S. The largest absolute Gasteiger partial charge is 0.435 e. The lowest BCUT2D eigenvalue weighted by molar-refractivity contribution is -0.0497. The van der Waals surface area contributed by atoms with Gasteiger partial charge in [0.15, 0.2) is 0 Å². The van der Waals surface area contributed by atoms with Gasteiger partial charge < -0.3 is 15.0 Å². The van der Waals surface area contributed by atoms with Crippen LogP contribution in [0.25, 0.3) is 22.3 Å². The van der Waals surface area contributed by atoms with Gasteiger partial charge in [0.25, 0.3) is 0 Å². The standard InChI is InChI=1S/C20H24F2N4O2S/c1-4-9-26-17-10-13(28-20(21)22)5-7-15(17)18(23)19(26)16-8-6-14(11-24-16)29(27)25-12(2)3/h5-8,10-12,20,25H,4,9,23H2,1-3H3. The zero-order chi connectivity index (χ0) is 21.1. The Labute approximate surface area is 170 Å². The lowest BCUT2D eigenvalue weighted by Gasteiger charge is -2.11. The van der Waals surface area contributed by atoms with Gasteiger partial charge in [0.2, 0.25) is 0 Å². The summed E-state index contributed by atoms with van der Waals surface area (Å²) in [6.07, 6.45) is 2.37. The lowest BCUT2D eigenvalue weighted by Crippen LogP contribution is -2.25. The fourth-order valence-corrected chi connectivity index (χ4v) is 4.08. The molecule has 0 saturated heterocycles. The number of benzene rings is 1. The SMILES string of the molecule is CCCn1c(-c2ccc(S(=O)NC(C)C)cn2)c(N)c2ccc(OC(F)F)cc21. The molecule has 0 radical (unpaired) electrons. The summed E-state index contributed by atoms with van der Waals surface area (Å²) in [5.41, 5.74) is 8.93. The van der Waals surface area contributed by atoms with Crippen LogP contribution in [0.5, 0.6) is 5.75 Å². The van der Waals surface area contributed by atoms with Gasteiger partial charge in [0, 0.05) is 30.2 Å². The van der Waals surface area contributed by atoms with E-state index in [4.69, 9.17) is 5.73 Å². The van der Waals surface area contributed by atoms with E-state index in [0.29, 0.717) is 34.0 Å². The van der Waals surface area contributed by atoms with Crippen molar-refractivity contribution in [2.24, 2.45) is 0 Å². The van der Waals surface area contributed by atoms with Crippen LogP contribution in [0.2, 0.25) is 0 Å². The number of nitrogen functional groups attached to an aromatic ring is 1. The molecule has 0 aliphatic rings. The second kappa shape index (κ2) is 8.87. The number of nitrogens with two attached hydrogens (primary N) is 1. The molecule has 0 amide bonds.